The molecular formula is C34H27BrN2O4. The second-order valence-electron chi connectivity index (χ2n) is 9.36. The Kier molecular flexibility index (Phi) is 8.76. The van der Waals surface area contributed by atoms with Crippen molar-refractivity contribution >= 4 is 39.2 Å². The van der Waals surface area contributed by atoms with Crippen LogP contribution in [0.1, 0.15) is 15.9 Å². The molecule has 1 atom stereocenters. The molecule has 6 nitrogen and oxygen atoms in total. The standard InChI is InChI=1S/C34H27BrN2O4/c35-25-19-20-30(36-26-9-3-1-4-10-26)29(22-25)33(38)37-31(34(39)40)21-23-15-17-24(18-16-23)28-13-7-8-14-32(28)41-27-11-5-2-6-12-27/h1-20,22,31,36H,21H2,(H,37,38)(H,39,40)/t31-/m0/s1. The van der Waals surface area contributed by atoms with E-state index in [-0.39, 0.29) is 6.42 Å². The molecule has 0 bridgehead atoms. The largest absolute Gasteiger partial charge is 0.480 e. The highest BCUT2D eigenvalue weighted by Crippen LogP contribution is 2.33. The third kappa shape index (κ3) is 7.21. The zero-order chi connectivity index (χ0) is 28.6. The number of carbonyl (C=O) groups is 2. The lowest BCUT2D eigenvalue weighted by atomic mass is 9.99. The van der Waals surface area contributed by atoms with Gasteiger partial charge in [0.25, 0.3) is 5.91 Å². The van der Waals surface area contributed by atoms with E-state index in [0.29, 0.717) is 15.7 Å². The summed E-state index contributed by atoms with van der Waals surface area (Å²) in [5.74, 6) is -0.141. The molecule has 0 heterocycles. The molecule has 0 saturated carbocycles. The van der Waals surface area contributed by atoms with Gasteiger partial charge in [0.1, 0.15) is 17.5 Å². The molecule has 0 aliphatic rings. The van der Waals surface area contributed by atoms with Gasteiger partial charge < -0.3 is 20.5 Å². The first-order valence-electron chi connectivity index (χ1n) is 13.0. The summed E-state index contributed by atoms with van der Waals surface area (Å²) < 4.78 is 6.81. The van der Waals surface area contributed by atoms with Crippen LogP contribution in [0.25, 0.3) is 11.1 Å². The van der Waals surface area contributed by atoms with Crippen molar-refractivity contribution in [2.75, 3.05) is 5.32 Å². The van der Waals surface area contributed by atoms with E-state index in [1.807, 2.05) is 115 Å². The molecule has 0 aromatic heterocycles. The first-order chi connectivity index (χ1) is 20.0. The second-order valence-corrected chi connectivity index (χ2v) is 10.3. The predicted molar refractivity (Wildman–Crippen MR) is 165 cm³/mol. The minimum atomic E-state index is -1.12. The molecule has 5 rings (SSSR count). The van der Waals surface area contributed by atoms with Crippen molar-refractivity contribution in [3.63, 3.8) is 0 Å². The number of benzene rings is 5. The lowest BCUT2D eigenvalue weighted by Crippen LogP contribution is -2.42. The van der Waals surface area contributed by atoms with Crippen molar-refractivity contribution in [1.82, 2.24) is 5.32 Å². The van der Waals surface area contributed by atoms with Gasteiger partial charge in [-0.3, -0.25) is 4.79 Å². The van der Waals surface area contributed by atoms with E-state index in [0.717, 1.165) is 33.9 Å². The number of carboxylic acids is 1. The number of aliphatic carboxylic acids is 1. The van der Waals surface area contributed by atoms with Crippen LogP contribution in [0.4, 0.5) is 11.4 Å². The molecule has 0 spiro atoms. The molecular weight excluding hydrogens is 580 g/mol. The molecule has 1 amide bonds. The fourth-order valence-corrected chi connectivity index (χ4v) is 4.75. The topological polar surface area (TPSA) is 87.7 Å². The van der Waals surface area contributed by atoms with Gasteiger partial charge in [0.2, 0.25) is 0 Å². The number of amides is 1. The number of ether oxygens (including phenoxy) is 1. The second kappa shape index (κ2) is 13.0. The van der Waals surface area contributed by atoms with E-state index in [9.17, 15) is 14.7 Å². The molecule has 0 radical (unpaired) electrons. The summed E-state index contributed by atoms with van der Waals surface area (Å²) in [6.45, 7) is 0. The summed E-state index contributed by atoms with van der Waals surface area (Å²) in [5, 5.41) is 15.9. The molecule has 0 fully saturated rings. The number of rotatable bonds is 10. The van der Waals surface area contributed by atoms with Gasteiger partial charge in [-0.15, -0.1) is 0 Å². The van der Waals surface area contributed by atoms with Gasteiger partial charge in [0.05, 0.1) is 11.3 Å². The van der Waals surface area contributed by atoms with Crippen molar-refractivity contribution in [3.8, 4) is 22.6 Å². The molecule has 0 unspecified atom stereocenters. The van der Waals surface area contributed by atoms with Gasteiger partial charge in [0, 0.05) is 22.1 Å². The normalized spacial score (nSPS) is 11.3. The number of hydrogen-bond acceptors (Lipinski definition) is 4. The maximum Gasteiger partial charge on any atom is 0.326 e. The number of nitrogens with one attached hydrogen (secondary N) is 2. The van der Waals surface area contributed by atoms with Gasteiger partial charge in [-0.2, -0.15) is 0 Å². The van der Waals surface area contributed by atoms with Crippen LogP contribution in [-0.4, -0.2) is 23.0 Å². The Morgan fingerprint density at radius 3 is 2.15 bits per heavy atom. The Labute approximate surface area is 246 Å². The average Bonchev–Trinajstić information content (AvgIpc) is 2.99. The van der Waals surface area contributed by atoms with E-state index < -0.39 is 17.9 Å². The van der Waals surface area contributed by atoms with Gasteiger partial charge in [-0.1, -0.05) is 94.8 Å². The Morgan fingerprint density at radius 2 is 1.44 bits per heavy atom. The summed E-state index contributed by atoms with van der Waals surface area (Å²) in [4.78, 5) is 25.5. The minimum absolute atomic E-state index is 0.124. The number of carboxylic acid groups (broad SMARTS) is 1. The summed E-state index contributed by atoms with van der Waals surface area (Å²) in [7, 11) is 0. The smallest absolute Gasteiger partial charge is 0.326 e. The van der Waals surface area contributed by atoms with E-state index >= 15 is 0 Å². The van der Waals surface area contributed by atoms with Crippen LogP contribution in [0.3, 0.4) is 0 Å². The third-order valence-corrected chi connectivity index (χ3v) is 6.94. The molecule has 204 valence electrons. The maximum absolute atomic E-state index is 13.3. The lowest BCUT2D eigenvalue weighted by Gasteiger charge is -2.18. The van der Waals surface area contributed by atoms with Crippen molar-refractivity contribution in [3.05, 3.63) is 143 Å². The van der Waals surface area contributed by atoms with Gasteiger partial charge in [0.15, 0.2) is 0 Å². The van der Waals surface area contributed by atoms with Gasteiger partial charge in [-0.25, -0.2) is 4.79 Å². The monoisotopic (exact) mass is 606 g/mol. The summed E-state index contributed by atoms with van der Waals surface area (Å²) in [5.41, 5.74) is 4.34. The fraction of sp³-hybridized carbons (Fsp3) is 0.0588. The van der Waals surface area contributed by atoms with Crippen LogP contribution in [0.5, 0.6) is 11.5 Å². The van der Waals surface area contributed by atoms with E-state index in [1.165, 1.54) is 0 Å². The van der Waals surface area contributed by atoms with Crippen LogP contribution in [-0.2, 0) is 11.2 Å². The highest BCUT2D eigenvalue weighted by Gasteiger charge is 2.23. The number of carbonyl (C=O) groups excluding carboxylic acids is 1. The SMILES string of the molecule is O=C(N[C@@H](Cc1ccc(-c2ccccc2Oc2ccccc2)cc1)C(=O)O)c1cc(Br)ccc1Nc1ccccc1. The Hall–Kier alpha value is -4.88. The first-order valence-corrected chi connectivity index (χ1v) is 13.8. The molecule has 7 heteroatoms. The van der Waals surface area contributed by atoms with Crippen LogP contribution in [0, 0.1) is 0 Å². The van der Waals surface area contributed by atoms with E-state index in [4.69, 9.17) is 4.74 Å². The van der Waals surface area contributed by atoms with Gasteiger partial charge in [-0.05, 0) is 59.7 Å². The zero-order valence-electron chi connectivity index (χ0n) is 22.0. The highest BCUT2D eigenvalue weighted by atomic mass is 79.9. The average molecular weight is 608 g/mol. The summed E-state index contributed by atoms with van der Waals surface area (Å²) in [6, 6.07) is 38.5. The van der Waals surface area contributed by atoms with E-state index in [2.05, 4.69) is 26.6 Å². The number of hydrogen-bond donors (Lipinski definition) is 3. The Balaban J connectivity index is 1.31. The van der Waals surface area contributed by atoms with E-state index in [1.54, 1.807) is 12.1 Å². The lowest BCUT2D eigenvalue weighted by molar-refractivity contribution is -0.139. The summed E-state index contributed by atoms with van der Waals surface area (Å²) >= 11 is 3.42. The molecule has 41 heavy (non-hydrogen) atoms. The van der Waals surface area contributed by atoms with Crippen LogP contribution >= 0.6 is 15.9 Å². The number of para-hydroxylation sites is 3. The van der Waals surface area contributed by atoms with Crippen LogP contribution in [0.15, 0.2) is 132 Å². The fourth-order valence-electron chi connectivity index (χ4n) is 4.39. The van der Waals surface area contributed by atoms with Crippen LogP contribution < -0.4 is 15.4 Å². The van der Waals surface area contributed by atoms with Gasteiger partial charge >= 0.3 is 5.97 Å². The molecule has 0 aliphatic heterocycles. The molecule has 0 aliphatic carbocycles. The Morgan fingerprint density at radius 1 is 0.780 bits per heavy atom. The van der Waals surface area contributed by atoms with Crippen molar-refractivity contribution < 1.29 is 19.4 Å². The molecule has 3 N–H and O–H groups in total. The Bertz CT molecular complexity index is 1640. The predicted octanol–water partition coefficient (Wildman–Crippen LogP) is 8.08. The van der Waals surface area contributed by atoms with Crippen molar-refractivity contribution in [1.29, 1.82) is 0 Å². The number of anilines is 2. The quantitative estimate of drug-likeness (QED) is 0.149. The zero-order valence-corrected chi connectivity index (χ0v) is 23.5. The number of halogens is 1. The first kappa shape index (κ1) is 27.7. The maximum atomic E-state index is 13.3. The molecule has 5 aromatic carbocycles. The summed E-state index contributed by atoms with van der Waals surface area (Å²) in [6.07, 6.45) is 0.124. The third-order valence-electron chi connectivity index (χ3n) is 6.45. The van der Waals surface area contributed by atoms with Crippen LogP contribution in [0.2, 0.25) is 0 Å². The molecule has 0 saturated heterocycles. The highest BCUT2D eigenvalue weighted by molar-refractivity contribution is 9.10. The van der Waals surface area contributed by atoms with Crippen molar-refractivity contribution in [2.45, 2.75) is 12.5 Å². The van der Waals surface area contributed by atoms with Crippen molar-refractivity contribution in [2.24, 2.45) is 0 Å². The minimum Gasteiger partial charge on any atom is -0.480 e. The molecule has 5 aromatic rings.